The summed E-state index contributed by atoms with van der Waals surface area (Å²) in [5.41, 5.74) is 0. The molecule has 1 atom stereocenters. The maximum absolute atomic E-state index is 11.1. The Kier molecular flexibility index (Phi) is 6.37. The average molecular weight is 229 g/mol. The Morgan fingerprint density at radius 2 is 2.38 bits per heavy atom. The highest BCUT2D eigenvalue weighted by molar-refractivity contribution is 5.75. The Morgan fingerprint density at radius 3 is 2.94 bits per heavy atom. The van der Waals surface area contributed by atoms with Crippen LogP contribution in [0.1, 0.15) is 19.3 Å². The number of carbonyl (C=O) groups is 1. The van der Waals surface area contributed by atoms with Gasteiger partial charge in [-0.15, -0.1) is 0 Å². The first-order valence-electron chi connectivity index (χ1n) is 6.03. The van der Waals surface area contributed by atoms with Crippen LogP contribution in [0.15, 0.2) is 0 Å². The largest absolute Gasteiger partial charge is 0.395 e. The van der Waals surface area contributed by atoms with Crippen molar-refractivity contribution in [3.8, 4) is 0 Å². The molecule has 1 rings (SSSR count). The predicted octanol–water partition coefficient (Wildman–Crippen LogP) is -0.831. The Bertz CT molecular complexity index is 205. The van der Waals surface area contributed by atoms with E-state index < -0.39 is 0 Å². The Hall–Kier alpha value is -0.650. The lowest BCUT2D eigenvalue weighted by Crippen LogP contribution is -2.40. The fraction of sp³-hybridized carbons (Fsp3) is 0.909. The summed E-state index contributed by atoms with van der Waals surface area (Å²) in [5, 5.41) is 15.0. The van der Waals surface area contributed by atoms with Gasteiger partial charge >= 0.3 is 0 Å². The van der Waals surface area contributed by atoms with Crippen molar-refractivity contribution in [1.82, 2.24) is 15.5 Å². The molecule has 16 heavy (non-hydrogen) atoms. The van der Waals surface area contributed by atoms with E-state index in [2.05, 4.69) is 15.5 Å². The average Bonchev–Trinajstić information content (AvgIpc) is 2.78. The molecule has 1 heterocycles. The van der Waals surface area contributed by atoms with E-state index in [0.717, 1.165) is 19.6 Å². The number of hydrogen-bond acceptors (Lipinski definition) is 4. The highest BCUT2D eigenvalue weighted by Crippen LogP contribution is 2.07. The number of carbonyl (C=O) groups excluding carboxylic acids is 1. The molecule has 94 valence electrons. The van der Waals surface area contributed by atoms with Crippen molar-refractivity contribution in [2.24, 2.45) is 0 Å². The van der Waals surface area contributed by atoms with Gasteiger partial charge < -0.3 is 15.7 Å². The van der Waals surface area contributed by atoms with Crippen molar-refractivity contribution >= 4 is 5.91 Å². The summed E-state index contributed by atoms with van der Waals surface area (Å²) in [7, 11) is 1.65. The minimum atomic E-state index is 0.0577. The van der Waals surface area contributed by atoms with E-state index in [1.807, 2.05) is 0 Å². The van der Waals surface area contributed by atoms with Crippen molar-refractivity contribution < 1.29 is 9.90 Å². The highest BCUT2D eigenvalue weighted by atomic mass is 16.3. The van der Waals surface area contributed by atoms with Gasteiger partial charge in [-0.1, -0.05) is 0 Å². The third-order valence-corrected chi connectivity index (χ3v) is 2.99. The first-order chi connectivity index (χ1) is 7.76. The van der Waals surface area contributed by atoms with Crippen LogP contribution in [0, 0.1) is 0 Å². The summed E-state index contributed by atoms with van der Waals surface area (Å²) in [6, 6.07) is 0.524. The number of nitrogens with one attached hydrogen (secondary N) is 2. The summed E-state index contributed by atoms with van der Waals surface area (Å²) >= 11 is 0. The van der Waals surface area contributed by atoms with Crippen molar-refractivity contribution in [2.45, 2.75) is 25.3 Å². The van der Waals surface area contributed by atoms with Crippen LogP contribution in [0.4, 0.5) is 0 Å². The van der Waals surface area contributed by atoms with E-state index in [1.54, 1.807) is 7.05 Å². The van der Waals surface area contributed by atoms with Gasteiger partial charge in [0.25, 0.3) is 0 Å². The van der Waals surface area contributed by atoms with Gasteiger partial charge in [0.15, 0.2) is 0 Å². The van der Waals surface area contributed by atoms with Crippen molar-refractivity contribution in [3.63, 3.8) is 0 Å². The smallest absolute Gasteiger partial charge is 0.221 e. The van der Waals surface area contributed by atoms with Crippen LogP contribution in [0.25, 0.3) is 0 Å². The molecule has 0 aliphatic carbocycles. The lowest BCUT2D eigenvalue weighted by atomic mass is 10.2. The molecule has 1 aliphatic rings. The fourth-order valence-electron chi connectivity index (χ4n) is 2.04. The number of amides is 1. The van der Waals surface area contributed by atoms with E-state index in [0.29, 0.717) is 19.0 Å². The molecule has 1 fully saturated rings. The zero-order valence-corrected chi connectivity index (χ0v) is 10.0. The van der Waals surface area contributed by atoms with Crippen molar-refractivity contribution in [3.05, 3.63) is 0 Å². The van der Waals surface area contributed by atoms with Crippen LogP contribution >= 0.6 is 0 Å². The molecular formula is C11H23N3O2. The maximum Gasteiger partial charge on any atom is 0.221 e. The molecular weight excluding hydrogens is 206 g/mol. The monoisotopic (exact) mass is 229 g/mol. The summed E-state index contributed by atoms with van der Waals surface area (Å²) in [6.07, 6.45) is 2.93. The van der Waals surface area contributed by atoms with Crippen LogP contribution in [-0.2, 0) is 4.79 Å². The van der Waals surface area contributed by atoms with Crippen molar-refractivity contribution in [2.75, 3.05) is 39.8 Å². The van der Waals surface area contributed by atoms with E-state index in [1.165, 1.54) is 12.8 Å². The van der Waals surface area contributed by atoms with Gasteiger partial charge in [0.05, 0.1) is 6.61 Å². The molecule has 1 unspecified atom stereocenters. The number of aliphatic hydroxyl groups is 1. The van der Waals surface area contributed by atoms with Gasteiger partial charge in [0, 0.05) is 39.1 Å². The SMILES string of the molecule is CNC(=O)CCN(CCO)CC1CCCN1. The van der Waals surface area contributed by atoms with Crippen LogP contribution < -0.4 is 10.6 Å². The molecule has 1 amide bonds. The minimum absolute atomic E-state index is 0.0577. The third kappa shape index (κ3) is 4.92. The van der Waals surface area contributed by atoms with E-state index >= 15 is 0 Å². The molecule has 5 heteroatoms. The topological polar surface area (TPSA) is 64.6 Å². The standard InChI is InChI=1S/C11H23N3O2/c1-12-11(16)4-6-14(7-8-15)9-10-3-2-5-13-10/h10,13,15H,2-9H2,1H3,(H,12,16). The van der Waals surface area contributed by atoms with Gasteiger partial charge in [-0.05, 0) is 19.4 Å². The molecule has 3 N–H and O–H groups in total. The molecule has 0 spiro atoms. The molecule has 0 aromatic rings. The van der Waals surface area contributed by atoms with Gasteiger partial charge in [0.2, 0.25) is 5.91 Å². The van der Waals surface area contributed by atoms with E-state index in [4.69, 9.17) is 5.11 Å². The second-order valence-corrected chi connectivity index (χ2v) is 4.24. The number of hydrogen-bond donors (Lipinski definition) is 3. The zero-order valence-electron chi connectivity index (χ0n) is 10.0. The van der Waals surface area contributed by atoms with Crippen LogP contribution in [0.5, 0.6) is 0 Å². The number of rotatable bonds is 7. The summed E-state index contributed by atoms with van der Waals surface area (Å²) < 4.78 is 0. The summed E-state index contributed by atoms with van der Waals surface area (Å²) in [4.78, 5) is 13.3. The first kappa shape index (κ1) is 13.4. The molecule has 0 radical (unpaired) electrons. The second-order valence-electron chi connectivity index (χ2n) is 4.24. The van der Waals surface area contributed by atoms with Gasteiger partial charge in [-0.2, -0.15) is 0 Å². The Morgan fingerprint density at radius 1 is 1.56 bits per heavy atom. The maximum atomic E-state index is 11.1. The fourth-order valence-corrected chi connectivity index (χ4v) is 2.04. The summed E-state index contributed by atoms with van der Waals surface area (Å²) in [5.74, 6) is 0.0577. The molecule has 1 aliphatic heterocycles. The normalized spacial score (nSPS) is 20.3. The number of nitrogens with zero attached hydrogens (tertiary/aromatic N) is 1. The molecule has 0 bridgehead atoms. The van der Waals surface area contributed by atoms with Crippen LogP contribution in [0.3, 0.4) is 0 Å². The molecule has 5 nitrogen and oxygen atoms in total. The Balaban J connectivity index is 2.25. The third-order valence-electron chi connectivity index (χ3n) is 2.99. The number of aliphatic hydroxyl groups excluding tert-OH is 1. The highest BCUT2D eigenvalue weighted by Gasteiger charge is 2.17. The quantitative estimate of drug-likeness (QED) is 0.533. The minimum Gasteiger partial charge on any atom is -0.395 e. The zero-order chi connectivity index (χ0) is 11.8. The van der Waals surface area contributed by atoms with E-state index in [-0.39, 0.29) is 12.5 Å². The van der Waals surface area contributed by atoms with Crippen LogP contribution in [-0.4, -0.2) is 61.8 Å². The Labute approximate surface area is 97.2 Å². The molecule has 0 saturated carbocycles. The second kappa shape index (κ2) is 7.60. The van der Waals surface area contributed by atoms with Gasteiger partial charge in [-0.25, -0.2) is 0 Å². The molecule has 0 aromatic heterocycles. The molecule has 0 aromatic carbocycles. The van der Waals surface area contributed by atoms with Gasteiger partial charge in [0.1, 0.15) is 0 Å². The predicted molar refractivity (Wildman–Crippen MR) is 63.2 cm³/mol. The van der Waals surface area contributed by atoms with Gasteiger partial charge in [-0.3, -0.25) is 9.69 Å². The summed E-state index contributed by atoms with van der Waals surface area (Å²) in [6.45, 7) is 3.54. The van der Waals surface area contributed by atoms with Crippen LogP contribution in [0.2, 0.25) is 0 Å². The first-order valence-corrected chi connectivity index (χ1v) is 6.03. The van der Waals surface area contributed by atoms with E-state index in [9.17, 15) is 4.79 Å². The molecule has 1 saturated heterocycles. The lowest BCUT2D eigenvalue weighted by molar-refractivity contribution is -0.121. The van der Waals surface area contributed by atoms with Crippen molar-refractivity contribution in [1.29, 1.82) is 0 Å². The lowest BCUT2D eigenvalue weighted by Gasteiger charge is -2.24.